The second-order valence-corrected chi connectivity index (χ2v) is 3.95. The van der Waals surface area contributed by atoms with Gasteiger partial charge in [-0.3, -0.25) is 0 Å². The Morgan fingerprint density at radius 2 is 2.08 bits per heavy atom. The van der Waals surface area contributed by atoms with Crippen LogP contribution in [0.15, 0.2) is 12.2 Å². The van der Waals surface area contributed by atoms with Crippen molar-refractivity contribution < 1.29 is 14.2 Å². The van der Waals surface area contributed by atoms with E-state index in [0.29, 0.717) is 13.2 Å². The average Bonchev–Trinajstić information content (AvgIpc) is 2.48. The molecule has 0 spiro atoms. The van der Waals surface area contributed by atoms with E-state index in [1.165, 1.54) is 0 Å². The summed E-state index contributed by atoms with van der Waals surface area (Å²) < 4.78 is 16.8. The van der Waals surface area contributed by atoms with Crippen molar-refractivity contribution >= 4 is 0 Å². The van der Waals surface area contributed by atoms with Crippen molar-refractivity contribution in [3.05, 3.63) is 12.2 Å². The summed E-state index contributed by atoms with van der Waals surface area (Å²) in [7, 11) is 0. The second-order valence-electron chi connectivity index (χ2n) is 3.95. The van der Waals surface area contributed by atoms with E-state index in [2.05, 4.69) is 6.08 Å². The molecule has 2 aliphatic rings. The van der Waals surface area contributed by atoms with E-state index in [9.17, 15) is 0 Å². The molecule has 13 heavy (non-hydrogen) atoms. The van der Waals surface area contributed by atoms with Crippen LogP contribution in [0.1, 0.15) is 20.3 Å². The van der Waals surface area contributed by atoms with E-state index in [1.807, 2.05) is 19.9 Å². The second kappa shape index (κ2) is 3.40. The molecule has 2 atom stereocenters. The normalized spacial score (nSPS) is 38.0. The van der Waals surface area contributed by atoms with Gasteiger partial charge in [0.15, 0.2) is 5.79 Å². The maximum atomic E-state index is 5.71. The Morgan fingerprint density at radius 1 is 1.23 bits per heavy atom. The van der Waals surface area contributed by atoms with E-state index < -0.39 is 5.79 Å². The van der Waals surface area contributed by atoms with Crippen molar-refractivity contribution in [3.63, 3.8) is 0 Å². The first-order valence-corrected chi connectivity index (χ1v) is 4.76. The van der Waals surface area contributed by atoms with Gasteiger partial charge in [-0.25, -0.2) is 0 Å². The smallest absolute Gasteiger partial charge is 0.163 e. The lowest BCUT2D eigenvalue weighted by Crippen LogP contribution is -2.34. The van der Waals surface area contributed by atoms with Gasteiger partial charge in [0.05, 0.1) is 19.3 Å². The lowest BCUT2D eigenvalue weighted by atomic mass is 10.1. The van der Waals surface area contributed by atoms with Crippen LogP contribution in [0.2, 0.25) is 0 Å². The molecule has 0 bridgehead atoms. The van der Waals surface area contributed by atoms with Crippen LogP contribution in [0.3, 0.4) is 0 Å². The number of hydrogen-bond acceptors (Lipinski definition) is 3. The maximum absolute atomic E-state index is 5.71. The summed E-state index contributed by atoms with van der Waals surface area (Å²) in [5.41, 5.74) is 0. The van der Waals surface area contributed by atoms with Gasteiger partial charge in [0.1, 0.15) is 6.10 Å². The van der Waals surface area contributed by atoms with Crippen LogP contribution in [0, 0.1) is 0 Å². The van der Waals surface area contributed by atoms with Gasteiger partial charge in [0, 0.05) is 0 Å². The molecule has 0 aromatic rings. The van der Waals surface area contributed by atoms with Crippen LogP contribution in [0.25, 0.3) is 0 Å². The largest absolute Gasteiger partial charge is 0.371 e. The topological polar surface area (TPSA) is 27.7 Å². The molecular formula is C10H16O3. The first kappa shape index (κ1) is 9.19. The molecular weight excluding hydrogens is 168 g/mol. The molecule has 74 valence electrons. The Balaban J connectivity index is 1.92. The van der Waals surface area contributed by atoms with Crippen LogP contribution in [0.4, 0.5) is 0 Å². The van der Waals surface area contributed by atoms with Crippen LogP contribution >= 0.6 is 0 Å². The fourth-order valence-electron chi connectivity index (χ4n) is 1.70. The highest BCUT2D eigenvalue weighted by Gasteiger charge is 2.37. The van der Waals surface area contributed by atoms with E-state index in [4.69, 9.17) is 14.2 Å². The zero-order chi connectivity index (χ0) is 9.31. The van der Waals surface area contributed by atoms with E-state index >= 15 is 0 Å². The van der Waals surface area contributed by atoms with E-state index in [-0.39, 0.29) is 12.2 Å². The van der Waals surface area contributed by atoms with Gasteiger partial charge in [-0.1, -0.05) is 12.2 Å². The molecule has 0 aromatic heterocycles. The van der Waals surface area contributed by atoms with E-state index in [1.54, 1.807) is 0 Å². The fraction of sp³-hybridized carbons (Fsp3) is 0.800. The highest BCUT2D eigenvalue weighted by molar-refractivity contribution is 4.93. The van der Waals surface area contributed by atoms with E-state index in [0.717, 1.165) is 6.42 Å². The van der Waals surface area contributed by atoms with Gasteiger partial charge in [0.25, 0.3) is 0 Å². The Kier molecular flexibility index (Phi) is 2.41. The summed E-state index contributed by atoms with van der Waals surface area (Å²) in [6.45, 7) is 5.22. The minimum Gasteiger partial charge on any atom is -0.371 e. The predicted octanol–water partition coefficient (Wildman–Crippen LogP) is 1.48. The average molecular weight is 184 g/mol. The van der Waals surface area contributed by atoms with Crippen LogP contribution < -0.4 is 0 Å². The molecule has 0 aromatic carbocycles. The molecule has 2 heterocycles. The number of ether oxygens (including phenoxy) is 3. The monoisotopic (exact) mass is 184 g/mol. The Bertz CT molecular complexity index is 210. The van der Waals surface area contributed by atoms with Crippen LogP contribution in [0.5, 0.6) is 0 Å². The van der Waals surface area contributed by atoms with Crippen LogP contribution in [-0.4, -0.2) is 31.2 Å². The summed E-state index contributed by atoms with van der Waals surface area (Å²) in [4.78, 5) is 0. The molecule has 3 heteroatoms. The van der Waals surface area contributed by atoms with Crippen molar-refractivity contribution in [1.82, 2.24) is 0 Å². The SMILES string of the molecule is CC1(C)OC[C@H]([C@@H]2CC=CCO2)O1. The highest BCUT2D eigenvalue weighted by atomic mass is 16.7. The maximum Gasteiger partial charge on any atom is 0.163 e. The van der Waals surface area contributed by atoms with Gasteiger partial charge < -0.3 is 14.2 Å². The van der Waals surface area contributed by atoms with Crippen LogP contribution in [-0.2, 0) is 14.2 Å². The molecule has 2 aliphatic heterocycles. The Labute approximate surface area is 78.7 Å². The molecule has 1 saturated heterocycles. The first-order chi connectivity index (χ1) is 6.17. The third-order valence-electron chi connectivity index (χ3n) is 2.39. The predicted molar refractivity (Wildman–Crippen MR) is 48.4 cm³/mol. The summed E-state index contributed by atoms with van der Waals surface area (Å²) in [6.07, 6.45) is 5.39. The Morgan fingerprint density at radius 3 is 2.62 bits per heavy atom. The minimum absolute atomic E-state index is 0.0972. The molecule has 0 N–H and O–H groups in total. The highest BCUT2D eigenvalue weighted by Crippen LogP contribution is 2.27. The van der Waals surface area contributed by atoms with Gasteiger partial charge in [-0.05, 0) is 20.3 Å². The van der Waals surface area contributed by atoms with Crippen molar-refractivity contribution in [2.24, 2.45) is 0 Å². The van der Waals surface area contributed by atoms with Crippen molar-refractivity contribution in [3.8, 4) is 0 Å². The van der Waals surface area contributed by atoms with Crippen molar-refractivity contribution in [2.45, 2.75) is 38.3 Å². The minimum atomic E-state index is -0.435. The first-order valence-electron chi connectivity index (χ1n) is 4.76. The zero-order valence-electron chi connectivity index (χ0n) is 8.16. The summed E-state index contributed by atoms with van der Waals surface area (Å²) in [5.74, 6) is -0.435. The fourth-order valence-corrected chi connectivity index (χ4v) is 1.70. The third-order valence-corrected chi connectivity index (χ3v) is 2.39. The number of hydrogen-bond donors (Lipinski definition) is 0. The van der Waals surface area contributed by atoms with Crippen molar-refractivity contribution in [1.29, 1.82) is 0 Å². The quantitative estimate of drug-likeness (QED) is 0.578. The summed E-state index contributed by atoms with van der Waals surface area (Å²) >= 11 is 0. The lowest BCUT2D eigenvalue weighted by molar-refractivity contribution is -0.155. The summed E-state index contributed by atoms with van der Waals surface area (Å²) in [6, 6.07) is 0. The molecule has 0 saturated carbocycles. The molecule has 0 amide bonds. The molecule has 0 aliphatic carbocycles. The van der Waals surface area contributed by atoms with Crippen molar-refractivity contribution in [2.75, 3.05) is 13.2 Å². The molecule has 0 unspecified atom stereocenters. The zero-order valence-corrected chi connectivity index (χ0v) is 8.16. The van der Waals surface area contributed by atoms with Gasteiger partial charge in [-0.15, -0.1) is 0 Å². The molecule has 0 radical (unpaired) electrons. The van der Waals surface area contributed by atoms with Gasteiger partial charge >= 0.3 is 0 Å². The summed E-state index contributed by atoms with van der Waals surface area (Å²) in [5, 5.41) is 0. The van der Waals surface area contributed by atoms with Gasteiger partial charge in [-0.2, -0.15) is 0 Å². The standard InChI is InChI=1S/C10H16O3/c1-10(2)12-7-9(13-10)8-5-3-4-6-11-8/h3-4,8-9H,5-7H2,1-2H3/t8-,9+/m0/s1. The molecule has 2 rings (SSSR count). The Hall–Kier alpha value is -0.380. The van der Waals surface area contributed by atoms with Gasteiger partial charge in [0.2, 0.25) is 0 Å². The number of rotatable bonds is 1. The molecule has 3 nitrogen and oxygen atoms in total. The third kappa shape index (κ3) is 2.10. The lowest BCUT2D eigenvalue weighted by Gasteiger charge is -2.25. The molecule has 1 fully saturated rings.